The first-order chi connectivity index (χ1) is 32.4. The zero-order valence-corrected chi connectivity index (χ0v) is 45.5. The van der Waals surface area contributed by atoms with Crippen molar-refractivity contribution in [1.29, 1.82) is 0 Å². The summed E-state index contributed by atoms with van der Waals surface area (Å²) in [5.74, 6) is 0. The van der Waals surface area contributed by atoms with Crippen molar-refractivity contribution >= 4 is 96.7 Å². The molecule has 0 aliphatic heterocycles. The van der Waals surface area contributed by atoms with E-state index in [4.69, 9.17) is 20.6 Å². The molecule has 0 amide bonds. The lowest BCUT2D eigenvalue weighted by molar-refractivity contribution is 0.352. The Labute approximate surface area is 408 Å². The molecular formula is C56H56O5Si6. The fourth-order valence-corrected chi connectivity index (χ4v) is 22.8. The number of rotatable bonds is 18. The van der Waals surface area contributed by atoms with Crippen LogP contribution in [0, 0.1) is 55.4 Å². The Hall–Kier alpha value is -5.14. The standard InChI is InChI=1S/C56H56O5Si6/c1-41-9-25-49(26-10-41)62(50-27-11-42(2)12-28-50)57-64(53-33-17-45(5)18-34-53)59-66(55-37-21-47(7)22-38-55)61-67(56-39-23-48(8)24-40-56)60-65(54-35-19-46(6)20-36-54)58-63(51-29-13-43(3)14-30-51)52-31-15-44(4)16-32-52/h9-40H,1-8H3. The first-order valence-corrected chi connectivity index (χ1v) is 30.7. The van der Waals surface area contributed by atoms with Crippen molar-refractivity contribution in [1.82, 2.24) is 0 Å². The third-order valence-electron chi connectivity index (χ3n) is 11.3. The van der Waals surface area contributed by atoms with Gasteiger partial charge in [0.05, 0.1) is 0 Å². The summed E-state index contributed by atoms with van der Waals surface area (Å²) < 4.78 is 37.7. The van der Waals surface area contributed by atoms with E-state index in [0.29, 0.717) is 0 Å². The second-order valence-corrected chi connectivity index (χ2v) is 29.6. The van der Waals surface area contributed by atoms with Crippen LogP contribution < -0.4 is 41.5 Å². The van der Waals surface area contributed by atoms with Gasteiger partial charge in [0.2, 0.25) is 0 Å². The highest BCUT2D eigenvalue weighted by molar-refractivity contribution is 6.90. The number of benzene rings is 8. The largest absolute Gasteiger partial charge is 0.424 e. The van der Waals surface area contributed by atoms with Gasteiger partial charge in [-0.2, -0.15) is 0 Å². The molecular weight excluding hydrogens is 921 g/mol. The molecule has 0 aromatic heterocycles. The van der Waals surface area contributed by atoms with E-state index in [9.17, 15) is 0 Å². The maximum Gasteiger partial charge on any atom is 0.405 e. The van der Waals surface area contributed by atoms with Crippen molar-refractivity contribution in [2.24, 2.45) is 0 Å². The van der Waals surface area contributed by atoms with Crippen molar-refractivity contribution in [2.75, 3.05) is 0 Å². The molecule has 5 nitrogen and oxygen atoms in total. The molecule has 0 aliphatic carbocycles. The molecule has 0 heterocycles. The van der Waals surface area contributed by atoms with Crippen LogP contribution in [0.1, 0.15) is 44.5 Å². The third kappa shape index (κ3) is 13.1. The van der Waals surface area contributed by atoms with Gasteiger partial charge >= 0.3 is 37.1 Å². The molecule has 8 aromatic carbocycles. The van der Waals surface area contributed by atoms with Crippen LogP contribution in [-0.4, -0.2) is 55.2 Å². The topological polar surface area (TPSA) is 46.2 Å². The molecule has 0 saturated heterocycles. The zero-order valence-electron chi connectivity index (χ0n) is 39.5. The van der Waals surface area contributed by atoms with Crippen molar-refractivity contribution < 1.29 is 20.6 Å². The lowest BCUT2D eigenvalue weighted by atomic mass is 10.2. The maximum absolute atomic E-state index is 7.58. The highest BCUT2D eigenvalue weighted by Crippen LogP contribution is 2.12. The summed E-state index contributed by atoms with van der Waals surface area (Å²) in [5.41, 5.74) is 9.51. The summed E-state index contributed by atoms with van der Waals surface area (Å²) >= 11 is 0. The summed E-state index contributed by atoms with van der Waals surface area (Å²) in [6, 6.07) is 69.5. The van der Waals surface area contributed by atoms with Gasteiger partial charge in [-0.25, -0.2) is 0 Å². The van der Waals surface area contributed by atoms with Crippen LogP contribution in [-0.2, 0) is 20.6 Å². The molecule has 0 spiro atoms. The minimum atomic E-state index is -2.32. The molecule has 11 heteroatoms. The minimum absolute atomic E-state index is 0.987. The van der Waals surface area contributed by atoms with Gasteiger partial charge in [-0.15, -0.1) is 0 Å². The van der Waals surface area contributed by atoms with Gasteiger partial charge in [0, 0.05) is 0 Å². The average Bonchev–Trinajstić information content (AvgIpc) is 3.33. The monoisotopic (exact) mass is 976 g/mol. The number of aryl methyl sites for hydroxylation is 8. The summed E-state index contributed by atoms with van der Waals surface area (Å²) in [5, 5.41) is 8.68. The van der Waals surface area contributed by atoms with E-state index in [1.165, 1.54) is 33.4 Å². The maximum atomic E-state index is 7.58. The first kappa shape index (κ1) is 48.3. The van der Waals surface area contributed by atoms with Crippen molar-refractivity contribution in [3.05, 3.63) is 239 Å². The number of hydrogen-bond acceptors (Lipinski definition) is 5. The minimum Gasteiger partial charge on any atom is -0.424 e. The van der Waals surface area contributed by atoms with Crippen LogP contribution in [0.5, 0.6) is 0 Å². The lowest BCUT2D eigenvalue weighted by Gasteiger charge is -2.30. The Morgan fingerprint density at radius 1 is 0.179 bits per heavy atom. The van der Waals surface area contributed by atoms with Crippen molar-refractivity contribution in [3.63, 3.8) is 0 Å². The molecule has 0 atom stereocenters. The molecule has 0 aliphatic rings. The molecule has 0 bridgehead atoms. The molecule has 8 rings (SSSR count). The fourth-order valence-electron chi connectivity index (χ4n) is 7.14. The van der Waals surface area contributed by atoms with Gasteiger partial charge in [-0.3, -0.25) is 0 Å². The molecule has 334 valence electrons. The van der Waals surface area contributed by atoms with E-state index >= 15 is 0 Å². The third-order valence-corrected chi connectivity index (χ3v) is 25.6. The Kier molecular flexibility index (Phi) is 16.4. The molecule has 0 saturated carbocycles. The average molecular weight is 978 g/mol. The molecule has 0 N–H and O–H groups in total. The SMILES string of the molecule is Cc1ccc([Si](O[Si](O[Si](O[Si](c2ccc(C)cc2)c2ccc(C)cc2)c2ccc(C)cc2)c2ccc(C)cc2)O[Si](O[Si](c2ccc(C)cc2)c2ccc(C)cc2)c2ccc(C)cc2)cc1. The smallest absolute Gasteiger partial charge is 0.405 e. The van der Waals surface area contributed by atoms with E-state index < -0.39 is 55.2 Å². The second-order valence-electron chi connectivity index (χ2n) is 17.2. The van der Waals surface area contributed by atoms with Crippen LogP contribution in [0.25, 0.3) is 0 Å². The predicted octanol–water partition coefficient (Wildman–Crippen LogP) is 6.73. The molecule has 67 heavy (non-hydrogen) atoms. The van der Waals surface area contributed by atoms with Gasteiger partial charge < -0.3 is 20.6 Å². The van der Waals surface area contributed by atoms with Gasteiger partial charge in [0.1, 0.15) is 0 Å². The van der Waals surface area contributed by atoms with Crippen LogP contribution in [0.3, 0.4) is 0 Å². The highest BCUT2D eigenvalue weighted by Gasteiger charge is 2.39. The van der Waals surface area contributed by atoms with Crippen LogP contribution >= 0.6 is 0 Å². The summed E-state index contributed by atoms with van der Waals surface area (Å²) in [6.07, 6.45) is 0. The highest BCUT2D eigenvalue weighted by atomic mass is 28.5. The Morgan fingerprint density at radius 2 is 0.313 bits per heavy atom. The quantitative estimate of drug-likeness (QED) is 0.0895. The van der Waals surface area contributed by atoms with Gasteiger partial charge in [-0.05, 0) is 96.9 Å². The Balaban J connectivity index is 1.22. The Morgan fingerprint density at radius 3 is 0.478 bits per heavy atom. The van der Waals surface area contributed by atoms with Crippen LogP contribution in [0.4, 0.5) is 0 Å². The molecule has 0 fully saturated rings. The van der Waals surface area contributed by atoms with Crippen LogP contribution in [0.2, 0.25) is 0 Å². The number of hydrogen-bond donors (Lipinski definition) is 0. The van der Waals surface area contributed by atoms with Crippen LogP contribution in [0.15, 0.2) is 194 Å². The first-order valence-electron chi connectivity index (χ1n) is 22.6. The van der Waals surface area contributed by atoms with Crippen molar-refractivity contribution in [3.8, 4) is 0 Å². The van der Waals surface area contributed by atoms with E-state index in [1.54, 1.807) is 0 Å². The molecule has 8 aromatic rings. The summed E-state index contributed by atoms with van der Waals surface area (Å²) in [6.45, 7) is 17.0. The van der Waals surface area contributed by atoms with Gasteiger partial charge in [-0.1, -0.05) is 239 Å². The Bertz CT molecular complexity index is 2500. The van der Waals surface area contributed by atoms with E-state index in [1.807, 2.05) is 0 Å². The van der Waals surface area contributed by atoms with E-state index in [2.05, 4.69) is 250 Å². The van der Waals surface area contributed by atoms with E-state index in [-0.39, 0.29) is 0 Å². The second kappa shape index (κ2) is 22.8. The molecule has 6 radical (unpaired) electrons. The predicted molar refractivity (Wildman–Crippen MR) is 286 cm³/mol. The molecule has 0 unspecified atom stereocenters. The van der Waals surface area contributed by atoms with Gasteiger partial charge in [0.15, 0.2) is 0 Å². The van der Waals surface area contributed by atoms with Gasteiger partial charge in [0.25, 0.3) is 18.1 Å². The normalized spacial score (nSPS) is 11.8. The van der Waals surface area contributed by atoms with Crippen molar-refractivity contribution in [2.45, 2.75) is 55.4 Å². The fraction of sp³-hybridized carbons (Fsp3) is 0.143. The summed E-state index contributed by atoms with van der Waals surface area (Å²) in [7, 11) is -12.6. The zero-order chi connectivity index (χ0) is 46.9. The summed E-state index contributed by atoms with van der Waals surface area (Å²) in [4.78, 5) is 0. The van der Waals surface area contributed by atoms with E-state index in [0.717, 1.165) is 52.6 Å². The lowest BCUT2D eigenvalue weighted by Crippen LogP contribution is -2.59.